The lowest BCUT2D eigenvalue weighted by Gasteiger charge is -2.21. The molecule has 0 amide bonds. The van der Waals surface area contributed by atoms with E-state index in [4.69, 9.17) is 0 Å². The van der Waals surface area contributed by atoms with E-state index < -0.39 is 0 Å². The minimum atomic E-state index is 0.284. The van der Waals surface area contributed by atoms with Gasteiger partial charge in [0, 0.05) is 18.0 Å². The van der Waals surface area contributed by atoms with Crippen molar-refractivity contribution in [3.63, 3.8) is 0 Å². The van der Waals surface area contributed by atoms with Gasteiger partial charge in [-0.15, -0.1) is 11.3 Å². The summed E-state index contributed by atoms with van der Waals surface area (Å²) in [5.41, 5.74) is 1.17. The molecule has 1 unspecified atom stereocenters. The minimum Gasteiger partial charge on any atom is -0.395 e. The number of aryl methyl sites for hydroxylation is 1. The van der Waals surface area contributed by atoms with E-state index in [0.717, 1.165) is 32.4 Å². The summed E-state index contributed by atoms with van der Waals surface area (Å²) in [6.07, 6.45) is 4.59. The summed E-state index contributed by atoms with van der Waals surface area (Å²) in [5.74, 6) is 0. The van der Waals surface area contributed by atoms with Crippen molar-refractivity contribution in [1.29, 1.82) is 0 Å². The Morgan fingerprint density at radius 1 is 1.62 bits per heavy atom. The maximum Gasteiger partial charge on any atom is 0.0928 e. The molecule has 0 aromatic carbocycles. The fraction of sp³-hybridized carbons (Fsp3) is 0.750. The predicted octanol–water partition coefficient (Wildman–Crippen LogP) is 2.05. The standard InChI is InChI=1S/C12H20N2OS/c1-2-4-12-13-10(9-16-12)7-14-6-3-5-11(14)8-15/h9,11,15H,2-8H2,1H3. The largest absolute Gasteiger partial charge is 0.395 e. The third kappa shape index (κ3) is 2.81. The first-order valence-corrected chi connectivity index (χ1v) is 6.99. The van der Waals surface area contributed by atoms with Crippen molar-refractivity contribution in [3.05, 3.63) is 16.1 Å². The number of thiazole rings is 1. The van der Waals surface area contributed by atoms with Crippen molar-refractivity contribution in [2.24, 2.45) is 0 Å². The Hall–Kier alpha value is -0.450. The highest BCUT2D eigenvalue weighted by molar-refractivity contribution is 7.09. The molecule has 1 N–H and O–H groups in total. The summed E-state index contributed by atoms with van der Waals surface area (Å²) >= 11 is 1.77. The molecule has 1 atom stereocenters. The van der Waals surface area contributed by atoms with Crippen LogP contribution in [0.4, 0.5) is 0 Å². The van der Waals surface area contributed by atoms with Crippen LogP contribution in [0.15, 0.2) is 5.38 Å². The molecule has 0 saturated carbocycles. The van der Waals surface area contributed by atoms with Gasteiger partial charge in [-0.05, 0) is 32.2 Å². The molecule has 1 aliphatic rings. The molecule has 4 heteroatoms. The van der Waals surface area contributed by atoms with Gasteiger partial charge in [0.2, 0.25) is 0 Å². The molecule has 1 aromatic rings. The topological polar surface area (TPSA) is 36.4 Å². The molecule has 1 aromatic heterocycles. The number of hydrogen-bond donors (Lipinski definition) is 1. The third-order valence-corrected chi connectivity index (χ3v) is 4.10. The van der Waals surface area contributed by atoms with Crippen molar-refractivity contribution >= 4 is 11.3 Å². The van der Waals surface area contributed by atoms with E-state index >= 15 is 0 Å². The zero-order chi connectivity index (χ0) is 11.4. The van der Waals surface area contributed by atoms with Crippen LogP contribution < -0.4 is 0 Å². The molecule has 2 heterocycles. The number of nitrogens with zero attached hydrogens (tertiary/aromatic N) is 2. The van der Waals surface area contributed by atoms with Crippen LogP contribution in [0.2, 0.25) is 0 Å². The summed E-state index contributed by atoms with van der Waals surface area (Å²) in [7, 11) is 0. The van der Waals surface area contributed by atoms with Gasteiger partial charge in [-0.2, -0.15) is 0 Å². The van der Waals surface area contributed by atoms with Crippen molar-refractivity contribution in [3.8, 4) is 0 Å². The van der Waals surface area contributed by atoms with Gasteiger partial charge in [0.05, 0.1) is 17.3 Å². The molecule has 3 nitrogen and oxygen atoms in total. The quantitative estimate of drug-likeness (QED) is 0.856. The van der Waals surface area contributed by atoms with Gasteiger partial charge < -0.3 is 5.11 Å². The lowest BCUT2D eigenvalue weighted by Crippen LogP contribution is -2.31. The average Bonchev–Trinajstić information content (AvgIpc) is 2.89. The molecule has 1 aliphatic heterocycles. The van der Waals surface area contributed by atoms with E-state index in [9.17, 15) is 5.11 Å². The summed E-state index contributed by atoms with van der Waals surface area (Å²) in [5, 5.41) is 12.7. The number of hydrogen-bond acceptors (Lipinski definition) is 4. The molecule has 1 fully saturated rings. The summed E-state index contributed by atoms with van der Waals surface area (Å²) in [6.45, 7) is 4.48. The van der Waals surface area contributed by atoms with Crippen LogP contribution in [-0.2, 0) is 13.0 Å². The number of rotatable bonds is 5. The Labute approximate surface area is 101 Å². The maximum atomic E-state index is 9.24. The van der Waals surface area contributed by atoms with Gasteiger partial charge >= 0.3 is 0 Å². The van der Waals surface area contributed by atoms with Crippen LogP contribution in [0, 0.1) is 0 Å². The van der Waals surface area contributed by atoms with Crippen LogP contribution in [0.3, 0.4) is 0 Å². The first-order valence-electron chi connectivity index (χ1n) is 6.11. The van der Waals surface area contributed by atoms with E-state index in [2.05, 4.69) is 22.2 Å². The summed E-state index contributed by atoms with van der Waals surface area (Å²) in [4.78, 5) is 6.98. The van der Waals surface area contributed by atoms with E-state index in [0.29, 0.717) is 6.04 Å². The Balaban J connectivity index is 1.92. The zero-order valence-corrected chi connectivity index (χ0v) is 10.7. The number of aromatic nitrogens is 1. The molecule has 0 radical (unpaired) electrons. The van der Waals surface area contributed by atoms with E-state index in [-0.39, 0.29) is 6.61 Å². The Bertz CT molecular complexity index is 327. The van der Waals surface area contributed by atoms with Crippen LogP contribution in [0.1, 0.15) is 36.9 Å². The zero-order valence-electron chi connectivity index (χ0n) is 9.85. The summed E-state index contributed by atoms with van der Waals surface area (Å²) < 4.78 is 0. The lowest BCUT2D eigenvalue weighted by atomic mass is 10.2. The first-order chi connectivity index (χ1) is 7.83. The van der Waals surface area contributed by atoms with Crippen molar-refractivity contribution in [2.75, 3.05) is 13.2 Å². The molecule has 0 bridgehead atoms. The second kappa shape index (κ2) is 5.75. The fourth-order valence-corrected chi connectivity index (χ4v) is 3.16. The third-order valence-electron chi connectivity index (χ3n) is 3.14. The molecular weight excluding hydrogens is 220 g/mol. The van der Waals surface area contributed by atoms with Gasteiger partial charge in [-0.25, -0.2) is 4.98 Å². The number of aliphatic hydroxyl groups is 1. The predicted molar refractivity (Wildman–Crippen MR) is 66.6 cm³/mol. The Morgan fingerprint density at radius 2 is 2.50 bits per heavy atom. The molecule has 90 valence electrons. The first kappa shape index (κ1) is 12.0. The highest BCUT2D eigenvalue weighted by atomic mass is 32.1. The molecule has 2 rings (SSSR count). The second-order valence-electron chi connectivity index (χ2n) is 4.43. The van der Waals surface area contributed by atoms with Gasteiger partial charge in [0.15, 0.2) is 0 Å². The molecule has 1 saturated heterocycles. The van der Waals surface area contributed by atoms with E-state index in [1.54, 1.807) is 11.3 Å². The van der Waals surface area contributed by atoms with Crippen LogP contribution in [0.25, 0.3) is 0 Å². The van der Waals surface area contributed by atoms with Crippen molar-refractivity contribution < 1.29 is 5.11 Å². The van der Waals surface area contributed by atoms with Crippen LogP contribution in [0.5, 0.6) is 0 Å². The van der Waals surface area contributed by atoms with Crippen LogP contribution >= 0.6 is 11.3 Å². The van der Waals surface area contributed by atoms with Gasteiger partial charge in [-0.1, -0.05) is 6.92 Å². The second-order valence-corrected chi connectivity index (χ2v) is 5.37. The maximum absolute atomic E-state index is 9.24. The SMILES string of the molecule is CCCc1nc(CN2CCCC2CO)cs1. The molecule has 0 aliphatic carbocycles. The van der Waals surface area contributed by atoms with Crippen LogP contribution in [-0.4, -0.2) is 34.2 Å². The number of likely N-dealkylation sites (tertiary alicyclic amines) is 1. The average molecular weight is 240 g/mol. The van der Waals surface area contributed by atoms with E-state index in [1.807, 2.05) is 0 Å². The smallest absolute Gasteiger partial charge is 0.0928 e. The molecule has 0 spiro atoms. The van der Waals surface area contributed by atoms with E-state index in [1.165, 1.54) is 17.1 Å². The normalized spacial score (nSPS) is 21.8. The molecular formula is C12H20N2OS. The van der Waals surface area contributed by atoms with Crippen molar-refractivity contribution in [1.82, 2.24) is 9.88 Å². The highest BCUT2D eigenvalue weighted by Crippen LogP contribution is 2.20. The Morgan fingerprint density at radius 3 is 3.25 bits per heavy atom. The van der Waals surface area contributed by atoms with Gasteiger partial charge in [-0.3, -0.25) is 4.90 Å². The van der Waals surface area contributed by atoms with Gasteiger partial charge in [0.25, 0.3) is 0 Å². The summed E-state index contributed by atoms with van der Waals surface area (Å²) in [6, 6.07) is 0.358. The Kier molecular flexibility index (Phi) is 4.32. The monoisotopic (exact) mass is 240 g/mol. The lowest BCUT2D eigenvalue weighted by molar-refractivity contribution is 0.152. The number of aliphatic hydroxyl groups excluding tert-OH is 1. The fourth-order valence-electron chi connectivity index (χ4n) is 2.27. The molecule has 16 heavy (non-hydrogen) atoms. The minimum absolute atomic E-state index is 0.284. The van der Waals surface area contributed by atoms with Crippen molar-refractivity contribution in [2.45, 2.75) is 45.2 Å². The van der Waals surface area contributed by atoms with Gasteiger partial charge in [0.1, 0.15) is 0 Å². The highest BCUT2D eigenvalue weighted by Gasteiger charge is 2.24.